The molecule has 0 spiro atoms. The molecular formula is C16H22ClNO2. The number of benzene rings is 1. The van der Waals surface area contributed by atoms with Crippen LogP contribution >= 0.6 is 11.6 Å². The zero-order valence-corrected chi connectivity index (χ0v) is 12.6. The van der Waals surface area contributed by atoms with Crippen LogP contribution in [0.15, 0.2) is 24.3 Å². The number of hydrogen-bond donors (Lipinski definition) is 1. The number of piperidine rings is 1. The standard InChI is InChI=1S/C16H22ClNO2/c1-2-15(19)12-7-9-18(10-8-12)16(20)11-13-5-3-4-6-14(13)17/h3-6,12,15,19H,2,7-11H2,1H3. The van der Waals surface area contributed by atoms with E-state index >= 15 is 0 Å². The van der Waals surface area contributed by atoms with Gasteiger partial charge in [-0.1, -0.05) is 36.7 Å². The summed E-state index contributed by atoms with van der Waals surface area (Å²) in [6.45, 7) is 3.48. The van der Waals surface area contributed by atoms with Gasteiger partial charge >= 0.3 is 0 Å². The maximum Gasteiger partial charge on any atom is 0.227 e. The van der Waals surface area contributed by atoms with Crippen LogP contribution in [0.1, 0.15) is 31.7 Å². The number of halogens is 1. The minimum atomic E-state index is -0.226. The number of aliphatic hydroxyl groups excluding tert-OH is 1. The summed E-state index contributed by atoms with van der Waals surface area (Å²) in [6, 6.07) is 7.48. The van der Waals surface area contributed by atoms with Crippen LogP contribution in [0, 0.1) is 5.92 Å². The van der Waals surface area contributed by atoms with Crippen molar-refractivity contribution in [1.82, 2.24) is 4.90 Å². The van der Waals surface area contributed by atoms with E-state index in [2.05, 4.69) is 0 Å². The van der Waals surface area contributed by atoms with Crippen molar-refractivity contribution in [3.63, 3.8) is 0 Å². The van der Waals surface area contributed by atoms with Gasteiger partial charge in [-0.25, -0.2) is 0 Å². The number of likely N-dealkylation sites (tertiary alicyclic amines) is 1. The van der Waals surface area contributed by atoms with Crippen molar-refractivity contribution in [2.75, 3.05) is 13.1 Å². The van der Waals surface area contributed by atoms with Crippen LogP contribution in [0.25, 0.3) is 0 Å². The van der Waals surface area contributed by atoms with Gasteiger partial charge in [-0.2, -0.15) is 0 Å². The molecule has 0 bridgehead atoms. The molecule has 1 aromatic rings. The van der Waals surface area contributed by atoms with E-state index in [9.17, 15) is 9.90 Å². The molecule has 1 fully saturated rings. The van der Waals surface area contributed by atoms with Crippen LogP contribution < -0.4 is 0 Å². The lowest BCUT2D eigenvalue weighted by molar-refractivity contribution is -0.132. The molecule has 1 N–H and O–H groups in total. The number of rotatable bonds is 4. The third-order valence-corrected chi connectivity index (χ3v) is 4.52. The highest BCUT2D eigenvalue weighted by Gasteiger charge is 2.26. The van der Waals surface area contributed by atoms with Gasteiger partial charge in [0.1, 0.15) is 0 Å². The molecule has 0 saturated carbocycles. The first-order valence-electron chi connectivity index (χ1n) is 7.31. The van der Waals surface area contributed by atoms with Crippen LogP contribution in [0.5, 0.6) is 0 Å². The molecule has 1 aromatic carbocycles. The third kappa shape index (κ3) is 3.74. The summed E-state index contributed by atoms with van der Waals surface area (Å²) in [5.74, 6) is 0.465. The summed E-state index contributed by atoms with van der Waals surface area (Å²) < 4.78 is 0. The number of hydrogen-bond acceptors (Lipinski definition) is 2. The van der Waals surface area contributed by atoms with Crippen molar-refractivity contribution in [2.45, 2.75) is 38.7 Å². The second-order valence-corrected chi connectivity index (χ2v) is 5.87. The Hall–Kier alpha value is -1.06. The molecule has 4 heteroatoms. The number of amides is 1. The fourth-order valence-corrected chi connectivity index (χ4v) is 2.99. The van der Waals surface area contributed by atoms with Crippen molar-refractivity contribution in [3.05, 3.63) is 34.9 Å². The first-order valence-corrected chi connectivity index (χ1v) is 7.68. The zero-order chi connectivity index (χ0) is 14.5. The second kappa shape index (κ2) is 7.09. The molecule has 1 amide bonds. The minimum absolute atomic E-state index is 0.127. The summed E-state index contributed by atoms with van der Waals surface area (Å²) in [6.07, 6.45) is 2.71. The van der Waals surface area contributed by atoms with Gasteiger partial charge in [-0.15, -0.1) is 0 Å². The van der Waals surface area contributed by atoms with Crippen LogP contribution in [0.3, 0.4) is 0 Å². The summed E-state index contributed by atoms with van der Waals surface area (Å²) >= 11 is 6.09. The summed E-state index contributed by atoms with van der Waals surface area (Å²) in [5.41, 5.74) is 0.884. The zero-order valence-electron chi connectivity index (χ0n) is 11.9. The Morgan fingerprint density at radius 2 is 2.05 bits per heavy atom. The van der Waals surface area contributed by atoms with Gasteiger partial charge in [0.15, 0.2) is 0 Å². The van der Waals surface area contributed by atoms with Crippen LogP contribution in [-0.2, 0) is 11.2 Å². The SMILES string of the molecule is CCC(O)C1CCN(C(=O)Cc2ccccc2Cl)CC1. The van der Waals surface area contributed by atoms with E-state index in [4.69, 9.17) is 11.6 Å². The van der Waals surface area contributed by atoms with E-state index in [1.807, 2.05) is 36.1 Å². The largest absolute Gasteiger partial charge is 0.393 e. The maximum absolute atomic E-state index is 12.3. The molecule has 3 nitrogen and oxygen atoms in total. The highest BCUT2D eigenvalue weighted by atomic mass is 35.5. The Bertz CT molecular complexity index is 456. The van der Waals surface area contributed by atoms with Gasteiger partial charge in [0.25, 0.3) is 0 Å². The normalized spacial score (nSPS) is 18.1. The number of nitrogens with zero attached hydrogens (tertiary/aromatic N) is 1. The van der Waals surface area contributed by atoms with Crippen molar-refractivity contribution in [2.24, 2.45) is 5.92 Å². The average Bonchev–Trinajstić information content (AvgIpc) is 2.49. The first-order chi connectivity index (χ1) is 9.61. The van der Waals surface area contributed by atoms with Crippen LogP contribution in [0.2, 0.25) is 5.02 Å². The Morgan fingerprint density at radius 3 is 2.65 bits per heavy atom. The topological polar surface area (TPSA) is 40.5 Å². The molecule has 2 rings (SSSR count). The van der Waals surface area contributed by atoms with E-state index in [1.54, 1.807) is 0 Å². The molecular weight excluding hydrogens is 274 g/mol. The Kier molecular flexibility index (Phi) is 5.44. The molecule has 1 saturated heterocycles. The number of carbonyl (C=O) groups is 1. The molecule has 1 heterocycles. The van der Waals surface area contributed by atoms with Crippen LogP contribution in [0.4, 0.5) is 0 Å². The lowest BCUT2D eigenvalue weighted by Gasteiger charge is -2.34. The van der Waals surface area contributed by atoms with E-state index in [0.29, 0.717) is 17.4 Å². The predicted octanol–water partition coefficient (Wildman–Crippen LogP) is 2.89. The van der Waals surface area contributed by atoms with Gasteiger partial charge in [-0.3, -0.25) is 4.79 Å². The van der Waals surface area contributed by atoms with E-state index < -0.39 is 0 Å². The van der Waals surface area contributed by atoms with Crippen molar-refractivity contribution >= 4 is 17.5 Å². The minimum Gasteiger partial charge on any atom is -0.393 e. The maximum atomic E-state index is 12.3. The molecule has 1 unspecified atom stereocenters. The van der Waals surface area contributed by atoms with Gasteiger partial charge in [-0.05, 0) is 36.8 Å². The van der Waals surface area contributed by atoms with Gasteiger partial charge in [0.05, 0.1) is 12.5 Å². The highest BCUT2D eigenvalue weighted by Crippen LogP contribution is 2.23. The number of aliphatic hydroxyl groups is 1. The summed E-state index contributed by atoms with van der Waals surface area (Å²) in [4.78, 5) is 14.2. The summed E-state index contributed by atoms with van der Waals surface area (Å²) in [5, 5.41) is 10.5. The molecule has 20 heavy (non-hydrogen) atoms. The lowest BCUT2D eigenvalue weighted by Crippen LogP contribution is -2.41. The lowest BCUT2D eigenvalue weighted by atomic mass is 9.90. The fraction of sp³-hybridized carbons (Fsp3) is 0.562. The van der Waals surface area contributed by atoms with Crippen molar-refractivity contribution in [1.29, 1.82) is 0 Å². The molecule has 110 valence electrons. The molecule has 0 aromatic heterocycles. The highest BCUT2D eigenvalue weighted by molar-refractivity contribution is 6.31. The van der Waals surface area contributed by atoms with E-state index in [0.717, 1.165) is 37.9 Å². The predicted molar refractivity (Wildman–Crippen MR) is 80.8 cm³/mol. The van der Waals surface area contributed by atoms with Crippen LogP contribution in [-0.4, -0.2) is 35.1 Å². The average molecular weight is 296 g/mol. The van der Waals surface area contributed by atoms with Gasteiger partial charge in [0, 0.05) is 18.1 Å². The first kappa shape index (κ1) is 15.3. The smallest absolute Gasteiger partial charge is 0.227 e. The van der Waals surface area contributed by atoms with Crippen molar-refractivity contribution in [3.8, 4) is 0 Å². The van der Waals surface area contributed by atoms with Crippen molar-refractivity contribution < 1.29 is 9.90 Å². The van der Waals surface area contributed by atoms with Gasteiger partial charge < -0.3 is 10.0 Å². The summed E-state index contributed by atoms with van der Waals surface area (Å²) in [7, 11) is 0. The molecule has 1 atom stereocenters. The third-order valence-electron chi connectivity index (χ3n) is 4.15. The molecule has 0 radical (unpaired) electrons. The molecule has 1 aliphatic rings. The fourth-order valence-electron chi connectivity index (χ4n) is 2.78. The molecule has 1 aliphatic heterocycles. The Balaban J connectivity index is 1.88. The Morgan fingerprint density at radius 1 is 1.40 bits per heavy atom. The van der Waals surface area contributed by atoms with Gasteiger partial charge in [0.2, 0.25) is 5.91 Å². The quantitative estimate of drug-likeness (QED) is 0.928. The number of carbonyl (C=O) groups excluding carboxylic acids is 1. The second-order valence-electron chi connectivity index (χ2n) is 5.46. The van der Waals surface area contributed by atoms with E-state index in [-0.39, 0.29) is 12.0 Å². The Labute approximate surface area is 125 Å². The molecule has 0 aliphatic carbocycles. The van der Waals surface area contributed by atoms with E-state index in [1.165, 1.54) is 0 Å². The monoisotopic (exact) mass is 295 g/mol.